The monoisotopic (exact) mass is 1670 g/mol. The van der Waals surface area contributed by atoms with E-state index in [0.717, 1.165) is 27.2 Å². The van der Waals surface area contributed by atoms with Gasteiger partial charge in [0.1, 0.15) is 0 Å². The normalized spacial score (nSPS) is 14.8. The molecule has 99 heavy (non-hydrogen) atoms. The van der Waals surface area contributed by atoms with E-state index in [9.17, 15) is 192 Å². The number of carbonyl (C=O) groups excluding carboxylic acids is 4. The average molecular weight is 1670 g/mol. The van der Waals surface area contributed by atoms with E-state index in [2.05, 4.69) is 40.5 Å². The third kappa shape index (κ3) is 31.9. The topological polar surface area (TPSA) is 378 Å². The molecule has 56 heteroatoms. The lowest BCUT2D eigenvalue weighted by Gasteiger charge is -2.22. The van der Waals surface area contributed by atoms with Crippen LogP contribution in [0.2, 0.25) is 0 Å². The highest BCUT2D eigenvalue weighted by atomic mass is 32.3. The SMILES string of the molecule is C=C(C)C(=O)OC(C)CCC(S(=O)(=O)C(F)(F)F)S(=O)(=O)C(F)(F)F.C=C(C)C(=O)OC(C)CCC(S(=O)(=O)C(F)(F)F)S(=O)(=O)C(F)(F)F.C=CC(=O)OC(C)CCC(S(=O)(=O)C(F)(F)F)S(=O)(=O)C(F)(F)F.C=CCC(=O)OC(C)CC.O=S(=O)(CS(=O)(=O)C(F)(F)F)C(F)(F)F. The molecule has 0 saturated carbocycles. The summed E-state index contributed by atoms with van der Waals surface area (Å²) in [5.41, 5.74) is -49.6. The largest absolute Gasteiger partial charge is 0.498 e. The molecule has 0 aromatic carbocycles. The number of esters is 4. The summed E-state index contributed by atoms with van der Waals surface area (Å²) in [6, 6.07) is 0. The zero-order valence-electron chi connectivity index (χ0n) is 50.5. The summed E-state index contributed by atoms with van der Waals surface area (Å²) in [5.74, 6) is -3.32. The van der Waals surface area contributed by atoms with Crippen LogP contribution in [0.4, 0.5) is 105 Å². The Morgan fingerprint density at radius 3 is 0.727 bits per heavy atom. The highest BCUT2D eigenvalue weighted by molar-refractivity contribution is 8.11. The molecule has 588 valence electrons. The smallest absolute Gasteiger partial charge is 0.462 e. The second-order valence-corrected chi connectivity index (χ2v) is 36.8. The number of ether oxygens (including phenoxy) is 4. The molecule has 0 aliphatic rings. The molecule has 0 aliphatic heterocycles. The summed E-state index contributed by atoms with van der Waals surface area (Å²) < 4.78 is 477. The van der Waals surface area contributed by atoms with Crippen molar-refractivity contribution in [3.05, 3.63) is 49.6 Å². The third-order valence-corrected chi connectivity index (χ3v) is 28.4. The molecule has 4 atom stereocenters. The molecule has 0 heterocycles. The minimum atomic E-state index is -6.69. The number of halogens is 24. The predicted molar refractivity (Wildman–Crippen MR) is 291 cm³/mol. The maximum Gasteiger partial charge on any atom is 0.498 e. The molecule has 0 aliphatic carbocycles. The van der Waals surface area contributed by atoms with E-state index >= 15 is 0 Å². The second-order valence-electron chi connectivity index (χ2n) is 18.8. The van der Waals surface area contributed by atoms with Crippen molar-refractivity contribution in [3.8, 4) is 0 Å². The molecule has 4 unspecified atom stereocenters. The first-order valence-electron chi connectivity index (χ1n) is 24.9. The first-order chi connectivity index (χ1) is 43.1. The van der Waals surface area contributed by atoms with E-state index in [0.29, 0.717) is 12.5 Å². The van der Waals surface area contributed by atoms with Crippen LogP contribution in [-0.4, -0.2) is 179 Å². The van der Waals surface area contributed by atoms with Crippen LogP contribution in [0, 0.1) is 0 Å². The molecule has 0 bridgehead atoms. The minimum Gasteiger partial charge on any atom is -0.462 e. The Hall–Kier alpha value is -5.24. The van der Waals surface area contributed by atoms with Gasteiger partial charge in [-0.1, -0.05) is 32.7 Å². The van der Waals surface area contributed by atoms with Crippen LogP contribution < -0.4 is 0 Å². The number of hydrogen-bond acceptors (Lipinski definition) is 24. The lowest BCUT2D eigenvalue weighted by molar-refractivity contribution is -0.147. The van der Waals surface area contributed by atoms with Gasteiger partial charge in [-0.25, -0.2) is 81.7 Å². The lowest BCUT2D eigenvalue weighted by atomic mass is 10.2. The minimum absolute atomic E-state index is 0.0347. The van der Waals surface area contributed by atoms with Crippen LogP contribution >= 0.6 is 0 Å². The standard InChI is InChI=1S/2C11H14F6O6S2.C10H12F6O6S2.C8H14O2.C3H2F6O4S2/c2*1-6(2)9(18)23-7(3)4-5-8(24(19,20)10(12,13)14)25(21,22)11(15,16)17;1-3-7(17)22-6(2)4-5-8(23(18,19)9(11,12)13)24(20,21)10(14,15)16;1-4-6-8(9)10-7(3)5-2;4-2(5,6)14(10,11)1-15(12,13)3(7,8)9/h2*7-8H,1,4-5H2,2-3H3;3,6,8H,1,4-5H2,2H3;4,7H,1,5-6H2,2-3H3;1H2. The Kier molecular flexibility index (Phi) is 38.6. The van der Waals surface area contributed by atoms with Crippen molar-refractivity contribution in [1.82, 2.24) is 0 Å². The Morgan fingerprint density at radius 1 is 0.354 bits per heavy atom. The van der Waals surface area contributed by atoms with Gasteiger partial charge < -0.3 is 18.9 Å². The Bertz CT molecular complexity index is 3440. The second kappa shape index (κ2) is 37.3. The molecule has 0 saturated heterocycles. The molecule has 0 rings (SSSR count). The molecule has 0 N–H and O–H groups in total. The van der Waals surface area contributed by atoms with E-state index in [-0.39, 0.29) is 23.2 Å². The molecule has 24 nitrogen and oxygen atoms in total. The van der Waals surface area contributed by atoms with Crippen LogP contribution in [-0.2, 0) is 117 Å². The van der Waals surface area contributed by atoms with E-state index in [1.165, 1.54) is 13.8 Å². The molecule has 0 fully saturated rings. The molecular weight excluding hydrogens is 1610 g/mol. The van der Waals surface area contributed by atoms with Crippen LogP contribution in [0.5, 0.6) is 0 Å². The van der Waals surface area contributed by atoms with Crippen molar-refractivity contribution in [1.29, 1.82) is 0 Å². The van der Waals surface area contributed by atoms with Gasteiger partial charge in [-0.3, -0.25) is 4.79 Å². The summed E-state index contributed by atoms with van der Waals surface area (Å²) in [6.45, 7) is 22.2. The van der Waals surface area contributed by atoms with Crippen molar-refractivity contribution >= 4 is 103 Å². The zero-order valence-corrected chi connectivity index (χ0v) is 57.1. The van der Waals surface area contributed by atoms with E-state index < -0.39 is 216 Å². The van der Waals surface area contributed by atoms with Gasteiger partial charge in [0.25, 0.3) is 78.7 Å². The van der Waals surface area contributed by atoms with Crippen molar-refractivity contribution in [2.75, 3.05) is 5.08 Å². The van der Waals surface area contributed by atoms with E-state index in [1.54, 1.807) is 6.08 Å². The zero-order chi connectivity index (χ0) is 81.1. The van der Waals surface area contributed by atoms with Crippen LogP contribution in [0.15, 0.2) is 49.6 Å². The predicted octanol–water partition coefficient (Wildman–Crippen LogP) is 9.74. The molecular formula is C43H56F24O24S8. The summed E-state index contributed by atoms with van der Waals surface area (Å²) >= 11 is 0. The van der Waals surface area contributed by atoms with Gasteiger partial charge in [0.15, 0.2) is 18.8 Å². The van der Waals surface area contributed by atoms with Crippen molar-refractivity contribution < 1.29 is 211 Å². The summed E-state index contributed by atoms with van der Waals surface area (Å²) in [4.78, 5) is 43.9. The number of alkyl halides is 24. The molecule has 0 radical (unpaired) electrons. The number of carbonyl (C=O) groups is 4. The average Bonchev–Trinajstić information content (AvgIpc) is 0.772. The van der Waals surface area contributed by atoms with E-state index in [4.69, 9.17) is 4.74 Å². The lowest BCUT2D eigenvalue weighted by Crippen LogP contribution is -2.45. The Morgan fingerprint density at radius 2 is 0.566 bits per heavy atom. The summed E-state index contributed by atoms with van der Waals surface area (Å²) in [5, 5.41) is -3.03. The highest BCUT2D eigenvalue weighted by Gasteiger charge is 2.65. The van der Waals surface area contributed by atoms with Gasteiger partial charge in [-0.05, 0) is 86.5 Å². The Balaban J connectivity index is -0.000000383. The fourth-order valence-corrected chi connectivity index (χ4v) is 18.4. The van der Waals surface area contributed by atoms with Gasteiger partial charge in [0.2, 0.25) is 0 Å². The summed E-state index contributed by atoms with van der Waals surface area (Å²) in [6.07, 6.45) is -8.00. The van der Waals surface area contributed by atoms with E-state index in [1.807, 2.05) is 13.8 Å². The fraction of sp³-hybridized carbons (Fsp3) is 0.721. The fourth-order valence-electron chi connectivity index (χ4n) is 5.24. The molecule has 0 amide bonds. The quantitative estimate of drug-likeness (QED) is 0.0242. The molecule has 0 spiro atoms. The highest BCUT2D eigenvalue weighted by Crippen LogP contribution is 2.42. The molecule has 0 aromatic heterocycles. The van der Waals surface area contributed by atoms with Crippen LogP contribution in [0.1, 0.15) is 99.8 Å². The van der Waals surface area contributed by atoms with Gasteiger partial charge in [0, 0.05) is 17.2 Å². The maximum atomic E-state index is 12.5. The van der Waals surface area contributed by atoms with Crippen molar-refractivity contribution in [3.63, 3.8) is 0 Å². The number of hydrogen-bond donors (Lipinski definition) is 0. The summed E-state index contributed by atoms with van der Waals surface area (Å²) in [7, 11) is -52.8. The van der Waals surface area contributed by atoms with Crippen molar-refractivity contribution in [2.24, 2.45) is 0 Å². The van der Waals surface area contributed by atoms with Gasteiger partial charge in [-0.15, -0.1) is 6.58 Å². The third-order valence-electron chi connectivity index (χ3n) is 10.5. The van der Waals surface area contributed by atoms with Gasteiger partial charge >= 0.3 is 67.9 Å². The van der Waals surface area contributed by atoms with Gasteiger partial charge in [-0.2, -0.15) is 105 Å². The Labute approximate surface area is 547 Å². The number of sulfone groups is 8. The number of rotatable bonds is 27. The maximum absolute atomic E-state index is 12.5. The first-order valence-corrected chi connectivity index (χ1v) is 37.4. The van der Waals surface area contributed by atoms with Crippen molar-refractivity contribution in [2.45, 2.75) is 182 Å². The van der Waals surface area contributed by atoms with Gasteiger partial charge in [0.05, 0.1) is 30.8 Å². The van der Waals surface area contributed by atoms with Crippen LogP contribution in [0.3, 0.4) is 0 Å². The molecule has 0 aromatic rings. The first kappa shape index (κ1) is 102. The van der Waals surface area contributed by atoms with Crippen LogP contribution in [0.25, 0.3) is 0 Å².